The van der Waals surface area contributed by atoms with Gasteiger partial charge in [-0.15, -0.1) is 0 Å². The standard InChI is InChI=1S/C11H24N2/c1-9(2)7-11(12)8-13-6-5-10-3-4-10/h9-11,13H,3-8,12H2,1-2H3. The molecule has 1 atom stereocenters. The molecule has 0 aromatic rings. The van der Waals surface area contributed by atoms with E-state index in [-0.39, 0.29) is 0 Å². The van der Waals surface area contributed by atoms with Gasteiger partial charge >= 0.3 is 0 Å². The van der Waals surface area contributed by atoms with Gasteiger partial charge in [-0.1, -0.05) is 26.7 Å². The van der Waals surface area contributed by atoms with Crippen molar-refractivity contribution in [1.29, 1.82) is 0 Å². The predicted molar refractivity (Wildman–Crippen MR) is 57.6 cm³/mol. The van der Waals surface area contributed by atoms with E-state index < -0.39 is 0 Å². The minimum atomic E-state index is 0.346. The fraction of sp³-hybridized carbons (Fsp3) is 1.00. The maximum Gasteiger partial charge on any atom is 0.0167 e. The molecule has 0 aliphatic heterocycles. The van der Waals surface area contributed by atoms with Crippen LogP contribution < -0.4 is 11.1 Å². The molecule has 78 valence electrons. The molecule has 1 aliphatic rings. The zero-order valence-electron chi connectivity index (χ0n) is 9.05. The van der Waals surface area contributed by atoms with E-state index in [0.29, 0.717) is 6.04 Å². The third-order valence-corrected chi connectivity index (χ3v) is 2.61. The maximum atomic E-state index is 5.94. The lowest BCUT2D eigenvalue weighted by Crippen LogP contribution is -2.35. The van der Waals surface area contributed by atoms with E-state index in [1.807, 2.05) is 0 Å². The number of hydrogen-bond acceptors (Lipinski definition) is 2. The second-order valence-corrected chi connectivity index (χ2v) is 4.83. The van der Waals surface area contributed by atoms with Crippen molar-refractivity contribution >= 4 is 0 Å². The average molecular weight is 184 g/mol. The van der Waals surface area contributed by atoms with E-state index >= 15 is 0 Å². The van der Waals surface area contributed by atoms with Crippen LogP contribution in [0, 0.1) is 11.8 Å². The van der Waals surface area contributed by atoms with Crippen LogP contribution >= 0.6 is 0 Å². The summed E-state index contributed by atoms with van der Waals surface area (Å²) in [6.07, 6.45) is 5.41. The van der Waals surface area contributed by atoms with E-state index in [0.717, 1.165) is 31.3 Å². The van der Waals surface area contributed by atoms with Crippen LogP contribution in [-0.4, -0.2) is 19.1 Å². The van der Waals surface area contributed by atoms with Gasteiger partial charge in [0.1, 0.15) is 0 Å². The minimum absolute atomic E-state index is 0.346. The molecule has 2 nitrogen and oxygen atoms in total. The van der Waals surface area contributed by atoms with Crippen molar-refractivity contribution in [2.75, 3.05) is 13.1 Å². The number of nitrogens with one attached hydrogen (secondary N) is 1. The highest BCUT2D eigenvalue weighted by Gasteiger charge is 2.20. The Hall–Kier alpha value is -0.0800. The summed E-state index contributed by atoms with van der Waals surface area (Å²) in [7, 11) is 0. The quantitative estimate of drug-likeness (QED) is 0.592. The van der Waals surface area contributed by atoms with E-state index in [4.69, 9.17) is 5.73 Å². The Bertz CT molecular complexity index is 130. The van der Waals surface area contributed by atoms with Gasteiger partial charge in [-0.25, -0.2) is 0 Å². The lowest BCUT2D eigenvalue weighted by Gasteiger charge is -2.14. The van der Waals surface area contributed by atoms with Gasteiger partial charge < -0.3 is 11.1 Å². The first kappa shape index (κ1) is 11.0. The first-order chi connectivity index (χ1) is 6.18. The Kier molecular flexibility index (Phi) is 4.74. The molecular weight excluding hydrogens is 160 g/mol. The van der Waals surface area contributed by atoms with Crippen LogP contribution in [0.4, 0.5) is 0 Å². The van der Waals surface area contributed by atoms with Crippen LogP contribution in [0.25, 0.3) is 0 Å². The Morgan fingerprint density at radius 3 is 2.62 bits per heavy atom. The number of hydrogen-bond donors (Lipinski definition) is 2. The zero-order chi connectivity index (χ0) is 9.68. The van der Waals surface area contributed by atoms with Crippen molar-refractivity contribution in [2.45, 2.75) is 45.6 Å². The summed E-state index contributed by atoms with van der Waals surface area (Å²) >= 11 is 0. The topological polar surface area (TPSA) is 38.0 Å². The highest BCUT2D eigenvalue weighted by molar-refractivity contribution is 4.74. The lowest BCUT2D eigenvalue weighted by atomic mass is 10.0. The summed E-state index contributed by atoms with van der Waals surface area (Å²) in [5.74, 6) is 1.76. The van der Waals surface area contributed by atoms with Gasteiger partial charge in [-0.2, -0.15) is 0 Å². The number of rotatable bonds is 7. The maximum absolute atomic E-state index is 5.94. The van der Waals surface area contributed by atoms with Crippen molar-refractivity contribution in [3.05, 3.63) is 0 Å². The third-order valence-electron chi connectivity index (χ3n) is 2.61. The van der Waals surface area contributed by atoms with Gasteiger partial charge in [-0.3, -0.25) is 0 Å². The molecule has 1 rings (SSSR count). The van der Waals surface area contributed by atoms with Crippen LogP contribution in [0.5, 0.6) is 0 Å². The summed E-state index contributed by atoms with van der Waals surface area (Å²) in [4.78, 5) is 0. The molecule has 0 heterocycles. The Balaban J connectivity index is 1.85. The molecule has 1 aliphatic carbocycles. The van der Waals surface area contributed by atoms with Crippen LogP contribution in [0.2, 0.25) is 0 Å². The molecule has 0 radical (unpaired) electrons. The summed E-state index contributed by atoms with van der Waals surface area (Å²) in [6, 6.07) is 0.346. The molecule has 0 amide bonds. The molecule has 1 unspecified atom stereocenters. The average Bonchev–Trinajstić information content (AvgIpc) is 2.80. The highest BCUT2D eigenvalue weighted by Crippen LogP contribution is 2.31. The van der Waals surface area contributed by atoms with Crippen molar-refractivity contribution in [2.24, 2.45) is 17.6 Å². The van der Waals surface area contributed by atoms with E-state index in [1.165, 1.54) is 19.3 Å². The summed E-state index contributed by atoms with van der Waals surface area (Å²) in [6.45, 7) is 6.61. The normalized spacial score (nSPS) is 19.4. The molecule has 0 bridgehead atoms. The monoisotopic (exact) mass is 184 g/mol. The Morgan fingerprint density at radius 2 is 2.08 bits per heavy atom. The summed E-state index contributed by atoms with van der Waals surface area (Å²) < 4.78 is 0. The molecular formula is C11H24N2. The van der Waals surface area contributed by atoms with Crippen LogP contribution in [0.3, 0.4) is 0 Å². The zero-order valence-corrected chi connectivity index (χ0v) is 9.05. The van der Waals surface area contributed by atoms with Gasteiger partial charge in [0.15, 0.2) is 0 Å². The molecule has 2 heteroatoms. The van der Waals surface area contributed by atoms with Gasteiger partial charge in [-0.05, 0) is 31.2 Å². The second kappa shape index (κ2) is 5.61. The van der Waals surface area contributed by atoms with Crippen molar-refractivity contribution in [3.8, 4) is 0 Å². The van der Waals surface area contributed by atoms with Crippen molar-refractivity contribution in [1.82, 2.24) is 5.32 Å². The molecule has 13 heavy (non-hydrogen) atoms. The largest absolute Gasteiger partial charge is 0.327 e. The number of nitrogens with two attached hydrogens (primary N) is 1. The first-order valence-electron chi connectivity index (χ1n) is 5.64. The van der Waals surface area contributed by atoms with Gasteiger partial charge in [0.05, 0.1) is 0 Å². The fourth-order valence-corrected chi connectivity index (χ4v) is 1.69. The van der Waals surface area contributed by atoms with E-state index in [2.05, 4.69) is 19.2 Å². The van der Waals surface area contributed by atoms with E-state index in [9.17, 15) is 0 Å². The molecule has 0 aromatic heterocycles. The molecule has 0 aromatic carbocycles. The summed E-state index contributed by atoms with van der Waals surface area (Å²) in [5.41, 5.74) is 5.94. The minimum Gasteiger partial charge on any atom is -0.327 e. The predicted octanol–water partition coefficient (Wildman–Crippen LogP) is 1.75. The Labute approximate surface area is 82.3 Å². The van der Waals surface area contributed by atoms with Gasteiger partial charge in [0.2, 0.25) is 0 Å². The third kappa shape index (κ3) is 6.05. The Morgan fingerprint density at radius 1 is 1.38 bits per heavy atom. The smallest absolute Gasteiger partial charge is 0.0167 e. The first-order valence-corrected chi connectivity index (χ1v) is 5.64. The molecule has 0 spiro atoms. The van der Waals surface area contributed by atoms with Gasteiger partial charge in [0.25, 0.3) is 0 Å². The van der Waals surface area contributed by atoms with E-state index in [1.54, 1.807) is 0 Å². The summed E-state index contributed by atoms with van der Waals surface area (Å²) in [5, 5.41) is 3.44. The van der Waals surface area contributed by atoms with Crippen molar-refractivity contribution in [3.63, 3.8) is 0 Å². The van der Waals surface area contributed by atoms with Crippen LogP contribution in [0.1, 0.15) is 39.5 Å². The SMILES string of the molecule is CC(C)CC(N)CNCCC1CC1. The molecule has 0 saturated heterocycles. The van der Waals surface area contributed by atoms with Crippen LogP contribution in [0.15, 0.2) is 0 Å². The molecule has 1 saturated carbocycles. The lowest BCUT2D eigenvalue weighted by molar-refractivity contribution is 0.463. The fourth-order valence-electron chi connectivity index (χ4n) is 1.69. The molecule has 1 fully saturated rings. The second-order valence-electron chi connectivity index (χ2n) is 4.83. The van der Waals surface area contributed by atoms with Crippen molar-refractivity contribution < 1.29 is 0 Å². The highest BCUT2D eigenvalue weighted by atomic mass is 14.9. The van der Waals surface area contributed by atoms with Crippen LogP contribution in [-0.2, 0) is 0 Å². The molecule has 3 N–H and O–H groups in total. The van der Waals surface area contributed by atoms with Gasteiger partial charge in [0, 0.05) is 12.6 Å².